The van der Waals surface area contributed by atoms with E-state index in [1.165, 1.54) is 0 Å². The predicted octanol–water partition coefficient (Wildman–Crippen LogP) is 1.85. The Labute approximate surface area is 97.9 Å². The first-order chi connectivity index (χ1) is 8.31. The van der Waals surface area contributed by atoms with Crippen molar-refractivity contribution in [3.8, 4) is 0 Å². The maximum atomic E-state index is 11.9. The minimum absolute atomic E-state index is 0.0788. The van der Waals surface area contributed by atoms with Crippen LogP contribution in [-0.2, 0) is 0 Å². The fraction of sp³-hybridized carbons (Fsp3) is 0.0769. The normalized spacial score (nSPS) is 10.9. The molecule has 0 aliphatic carbocycles. The van der Waals surface area contributed by atoms with Gasteiger partial charge >= 0.3 is 0 Å². The van der Waals surface area contributed by atoms with E-state index in [-0.39, 0.29) is 5.91 Å². The summed E-state index contributed by atoms with van der Waals surface area (Å²) in [5.74, 6) is -0.0788. The summed E-state index contributed by atoms with van der Waals surface area (Å²) in [6.45, 7) is 0. The van der Waals surface area contributed by atoms with Gasteiger partial charge in [-0.15, -0.1) is 0 Å². The summed E-state index contributed by atoms with van der Waals surface area (Å²) >= 11 is 0. The maximum absolute atomic E-state index is 11.9. The van der Waals surface area contributed by atoms with Gasteiger partial charge in [-0.05, 0) is 12.1 Å². The lowest BCUT2D eigenvalue weighted by Crippen LogP contribution is -2.18. The number of fused-ring (bicyclic) bond motifs is 3. The summed E-state index contributed by atoms with van der Waals surface area (Å²) in [4.78, 5) is 16.0. The van der Waals surface area contributed by atoms with Crippen LogP contribution in [0, 0.1) is 0 Å². The molecule has 1 N–H and O–H groups in total. The number of benzene rings is 1. The highest BCUT2D eigenvalue weighted by atomic mass is 16.1. The van der Waals surface area contributed by atoms with Crippen molar-refractivity contribution < 1.29 is 4.79 Å². The van der Waals surface area contributed by atoms with Gasteiger partial charge < -0.3 is 5.32 Å². The predicted molar refractivity (Wildman–Crippen MR) is 66.1 cm³/mol. The van der Waals surface area contributed by atoms with E-state index in [4.69, 9.17) is 0 Å². The van der Waals surface area contributed by atoms with Gasteiger partial charge in [-0.25, -0.2) is 4.98 Å². The van der Waals surface area contributed by atoms with Gasteiger partial charge in [-0.3, -0.25) is 9.20 Å². The third-order valence-corrected chi connectivity index (χ3v) is 2.88. The molecule has 0 bridgehead atoms. The molecule has 1 aromatic carbocycles. The first kappa shape index (κ1) is 9.84. The fourth-order valence-electron chi connectivity index (χ4n) is 2.07. The molecule has 0 atom stereocenters. The third kappa shape index (κ3) is 1.38. The van der Waals surface area contributed by atoms with E-state index >= 15 is 0 Å². The van der Waals surface area contributed by atoms with Gasteiger partial charge in [0.05, 0.1) is 29.1 Å². The molecule has 4 nitrogen and oxygen atoms in total. The Hall–Kier alpha value is -2.36. The van der Waals surface area contributed by atoms with Gasteiger partial charge in [-0.1, -0.05) is 18.2 Å². The number of nitrogens with zero attached hydrogens (tertiary/aromatic N) is 2. The topological polar surface area (TPSA) is 46.4 Å². The van der Waals surface area contributed by atoms with Crippen LogP contribution in [0.1, 0.15) is 10.4 Å². The molecule has 0 spiro atoms. The monoisotopic (exact) mass is 225 g/mol. The van der Waals surface area contributed by atoms with Crippen LogP contribution >= 0.6 is 0 Å². The van der Waals surface area contributed by atoms with Gasteiger partial charge in [0.25, 0.3) is 5.91 Å². The molecule has 0 aliphatic rings. The number of rotatable bonds is 1. The smallest absolute Gasteiger partial charge is 0.251 e. The highest BCUT2D eigenvalue weighted by Crippen LogP contribution is 2.21. The van der Waals surface area contributed by atoms with E-state index < -0.39 is 0 Å². The summed E-state index contributed by atoms with van der Waals surface area (Å²) in [6.07, 6.45) is 3.50. The molecule has 1 amide bonds. The average Bonchev–Trinajstić information content (AvgIpc) is 2.85. The fourth-order valence-corrected chi connectivity index (χ4v) is 2.07. The van der Waals surface area contributed by atoms with Crippen LogP contribution in [0.3, 0.4) is 0 Å². The summed E-state index contributed by atoms with van der Waals surface area (Å²) in [5, 5.41) is 3.59. The molecule has 0 saturated heterocycles. The Kier molecular flexibility index (Phi) is 2.08. The number of hydrogen-bond acceptors (Lipinski definition) is 2. The van der Waals surface area contributed by atoms with Gasteiger partial charge in [0.2, 0.25) is 0 Å². The minimum atomic E-state index is -0.0788. The second-order valence-electron chi connectivity index (χ2n) is 3.84. The van der Waals surface area contributed by atoms with Crippen molar-refractivity contribution in [3.05, 3.63) is 48.4 Å². The van der Waals surface area contributed by atoms with Crippen molar-refractivity contribution in [2.24, 2.45) is 0 Å². The van der Waals surface area contributed by atoms with E-state index in [0.717, 1.165) is 16.4 Å². The van der Waals surface area contributed by atoms with Crippen molar-refractivity contribution in [3.63, 3.8) is 0 Å². The molecule has 3 aromatic rings. The molecular formula is C13H11N3O. The highest BCUT2D eigenvalue weighted by Gasteiger charge is 2.11. The molecule has 3 rings (SSSR count). The summed E-state index contributed by atoms with van der Waals surface area (Å²) in [5.41, 5.74) is 2.58. The number of amides is 1. The van der Waals surface area contributed by atoms with Crippen LogP contribution in [0.5, 0.6) is 0 Å². The molecule has 0 unspecified atom stereocenters. The highest BCUT2D eigenvalue weighted by molar-refractivity contribution is 6.07. The number of pyridine rings is 1. The Morgan fingerprint density at radius 3 is 3.00 bits per heavy atom. The standard InChI is InChI=1S/C13H11N3O/c1-14-13(17)11-6-9-7-15-8-16(9)12-5-3-2-4-10(11)12/h2-8H,1H3,(H,14,17). The molecular weight excluding hydrogens is 214 g/mol. The molecule has 4 heteroatoms. The van der Waals surface area contributed by atoms with Crippen LogP contribution in [0.4, 0.5) is 0 Å². The third-order valence-electron chi connectivity index (χ3n) is 2.88. The molecule has 0 radical (unpaired) electrons. The average molecular weight is 225 g/mol. The minimum Gasteiger partial charge on any atom is -0.355 e. The molecule has 2 heterocycles. The van der Waals surface area contributed by atoms with Crippen LogP contribution < -0.4 is 5.32 Å². The largest absolute Gasteiger partial charge is 0.355 e. The number of carbonyl (C=O) groups excluding carboxylic acids is 1. The van der Waals surface area contributed by atoms with Crippen molar-refractivity contribution in [1.82, 2.24) is 14.7 Å². The first-order valence-electron chi connectivity index (χ1n) is 5.37. The summed E-state index contributed by atoms with van der Waals surface area (Å²) < 4.78 is 1.97. The van der Waals surface area contributed by atoms with Gasteiger partial charge in [-0.2, -0.15) is 0 Å². The Balaban J connectivity index is 2.49. The van der Waals surface area contributed by atoms with E-state index in [0.29, 0.717) is 5.56 Å². The lowest BCUT2D eigenvalue weighted by molar-refractivity contribution is 0.0965. The van der Waals surface area contributed by atoms with E-state index in [2.05, 4.69) is 10.3 Å². The quantitative estimate of drug-likeness (QED) is 0.687. The zero-order valence-electron chi connectivity index (χ0n) is 9.34. The Bertz CT molecular complexity index is 715. The van der Waals surface area contributed by atoms with E-state index in [1.54, 1.807) is 19.6 Å². The lowest BCUT2D eigenvalue weighted by Gasteiger charge is -2.07. The Morgan fingerprint density at radius 2 is 2.18 bits per heavy atom. The molecule has 0 aliphatic heterocycles. The van der Waals surface area contributed by atoms with Gasteiger partial charge in [0.15, 0.2) is 0 Å². The second kappa shape index (κ2) is 3.59. The summed E-state index contributed by atoms with van der Waals surface area (Å²) in [7, 11) is 1.64. The number of imidazole rings is 1. The number of carbonyl (C=O) groups is 1. The zero-order chi connectivity index (χ0) is 11.8. The molecule has 17 heavy (non-hydrogen) atoms. The van der Waals surface area contributed by atoms with Crippen LogP contribution in [0.2, 0.25) is 0 Å². The molecule has 2 aromatic heterocycles. The molecule has 0 fully saturated rings. The molecule has 84 valence electrons. The van der Waals surface area contributed by atoms with Gasteiger partial charge in [0.1, 0.15) is 0 Å². The zero-order valence-corrected chi connectivity index (χ0v) is 9.34. The van der Waals surface area contributed by atoms with Crippen molar-refractivity contribution in [2.75, 3.05) is 7.05 Å². The van der Waals surface area contributed by atoms with Crippen molar-refractivity contribution in [1.29, 1.82) is 0 Å². The van der Waals surface area contributed by atoms with Crippen LogP contribution in [-0.4, -0.2) is 22.3 Å². The number of para-hydroxylation sites is 1. The number of hydrogen-bond donors (Lipinski definition) is 1. The summed E-state index contributed by atoms with van der Waals surface area (Å²) in [6, 6.07) is 9.66. The maximum Gasteiger partial charge on any atom is 0.251 e. The molecule has 0 saturated carbocycles. The van der Waals surface area contributed by atoms with Crippen molar-refractivity contribution >= 4 is 22.3 Å². The van der Waals surface area contributed by atoms with E-state index in [9.17, 15) is 4.79 Å². The first-order valence-corrected chi connectivity index (χ1v) is 5.37. The lowest BCUT2D eigenvalue weighted by atomic mass is 10.1. The second-order valence-corrected chi connectivity index (χ2v) is 3.84. The van der Waals surface area contributed by atoms with E-state index in [1.807, 2.05) is 34.7 Å². The Morgan fingerprint density at radius 1 is 1.35 bits per heavy atom. The van der Waals surface area contributed by atoms with Gasteiger partial charge in [0, 0.05) is 12.4 Å². The SMILES string of the molecule is CNC(=O)c1cc2cncn2c2ccccc12. The van der Waals surface area contributed by atoms with Crippen LogP contribution in [0.25, 0.3) is 16.4 Å². The number of nitrogens with one attached hydrogen (secondary N) is 1. The van der Waals surface area contributed by atoms with Crippen LogP contribution in [0.15, 0.2) is 42.9 Å². The van der Waals surface area contributed by atoms with Crippen molar-refractivity contribution in [2.45, 2.75) is 0 Å². The number of aromatic nitrogens is 2.